The van der Waals surface area contributed by atoms with Crippen LogP contribution in [0, 0.1) is 5.92 Å². The number of anilines is 2. The van der Waals surface area contributed by atoms with Crippen molar-refractivity contribution in [1.29, 1.82) is 0 Å². The smallest absolute Gasteiger partial charge is 0.224 e. The zero-order valence-corrected chi connectivity index (χ0v) is 17.2. The molecule has 1 aliphatic heterocycles. The molecule has 1 amide bonds. The topological polar surface area (TPSA) is 67.6 Å². The Labute approximate surface area is 168 Å². The summed E-state index contributed by atoms with van der Waals surface area (Å²) in [5.41, 5.74) is 8.05. The minimum absolute atomic E-state index is 0. The zero-order valence-electron chi connectivity index (χ0n) is 15.5. The maximum atomic E-state index is 12.5. The Balaban J connectivity index is 0.00000169. The number of hydrogen-bond donors (Lipinski definition) is 2. The van der Waals surface area contributed by atoms with Crippen molar-refractivity contribution in [2.75, 3.05) is 23.3 Å². The number of para-hydroxylation sites is 2. The van der Waals surface area contributed by atoms with Crippen LogP contribution in [0.25, 0.3) is 0 Å². The van der Waals surface area contributed by atoms with E-state index < -0.39 is 0 Å². The summed E-state index contributed by atoms with van der Waals surface area (Å²) in [5, 5.41) is 3.11. The number of rotatable bonds is 4. The minimum Gasteiger partial charge on any atom is -0.372 e. The molecule has 148 valence electrons. The fraction of sp³-hybridized carbons (Fsp3) is 0.632. The first-order valence-corrected chi connectivity index (χ1v) is 9.08. The summed E-state index contributed by atoms with van der Waals surface area (Å²) in [6, 6.07) is 8.21. The van der Waals surface area contributed by atoms with Crippen LogP contribution in [0.1, 0.15) is 39.5 Å². The lowest BCUT2D eigenvalue weighted by Crippen LogP contribution is -2.45. The van der Waals surface area contributed by atoms with Gasteiger partial charge in [0.15, 0.2) is 0 Å². The summed E-state index contributed by atoms with van der Waals surface area (Å²) in [6.07, 6.45) is 4.14. The van der Waals surface area contributed by atoms with E-state index in [2.05, 4.69) is 30.1 Å². The van der Waals surface area contributed by atoms with Crippen molar-refractivity contribution in [3.8, 4) is 0 Å². The van der Waals surface area contributed by atoms with Crippen molar-refractivity contribution in [2.45, 2.75) is 57.8 Å². The van der Waals surface area contributed by atoms with Gasteiger partial charge in [-0.3, -0.25) is 4.79 Å². The molecule has 1 saturated carbocycles. The number of nitrogens with one attached hydrogen (secondary N) is 1. The Morgan fingerprint density at radius 3 is 2.46 bits per heavy atom. The van der Waals surface area contributed by atoms with E-state index >= 15 is 0 Å². The van der Waals surface area contributed by atoms with E-state index in [9.17, 15) is 4.79 Å². The molecule has 0 aromatic heterocycles. The molecule has 1 aromatic carbocycles. The Hall–Kier alpha value is -1.01. The van der Waals surface area contributed by atoms with Crippen molar-refractivity contribution in [2.24, 2.45) is 11.7 Å². The first-order chi connectivity index (χ1) is 11.5. The molecule has 7 heteroatoms. The molecule has 1 saturated heterocycles. The molecule has 0 spiro atoms. The number of carbonyl (C=O) groups is 1. The van der Waals surface area contributed by atoms with E-state index in [0.717, 1.165) is 43.7 Å². The number of amides is 1. The maximum absolute atomic E-state index is 12.5. The highest BCUT2D eigenvalue weighted by Gasteiger charge is 2.27. The molecule has 5 nitrogen and oxygen atoms in total. The molecule has 2 unspecified atom stereocenters. The van der Waals surface area contributed by atoms with Gasteiger partial charge in [0.2, 0.25) is 5.91 Å². The van der Waals surface area contributed by atoms with Crippen LogP contribution in [0.2, 0.25) is 0 Å². The van der Waals surface area contributed by atoms with Crippen molar-refractivity contribution >= 4 is 42.1 Å². The third kappa shape index (κ3) is 5.74. The van der Waals surface area contributed by atoms with Crippen LogP contribution < -0.4 is 16.0 Å². The molecule has 2 fully saturated rings. The van der Waals surface area contributed by atoms with Gasteiger partial charge in [-0.2, -0.15) is 0 Å². The van der Waals surface area contributed by atoms with Gasteiger partial charge in [-0.05, 0) is 44.7 Å². The molecular formula is C19H31Cl2N3O2. The van der Waals surface area contributed by atoms with Gasteiger partial charge in [0, 0.05) is 25.6 Å². The Kier molecular flexibility index (Phi) is 9.17. The first kappa shape index (κ1) is 23.0. The number of ether oxygens (including phenoxy) is 1. The number of nitrogens with zero attached hydrogens (tertiary/aromatic N) is 1. The van der Waals surface area contributed by atoms with Gasteiger partial charge in [-0.1, -0.05) is 18.6 Å². The Morgan fingerprint density at radius 1 is 1.19 bits per heavy atom. The average Bonchev–Trinajstić information content (AvgIpc) is 2.92. The highest BCUT2D eigenvalue weighted by atomic mass is 35.5. The van der Waals surface area contributed by atoms with Crippen molar-refractivity contribution in [3.63, 3.8) is 0 Å². The molecule has 26 heavy (non-hydrogen) atoms. The van der Waals surface area contributed by atoms with Crippen LogP contribution in [0.3, 0.4) is 0 Å². The summed E-state index contributed by atoms with van der Waals surface area (Å²) in [4.78, 5) is 14.8. The molecule has 0 radical (unpaired) electrons. The lowest BCUT2D eigenvalue weighted by atomic mass is 10.00. The predicted octanol–water partition coefficient (Wildman–Crippen LogP) is 3.60. The van der Waals surface area contributed by atoms with Crippen LogP contribution in [0.15, 0.2) is 24.3 Å². The predicted molar refractivity (Wildman–Crippen MR) is 112 cm³/mol. The third-order valence-corrected chi connectivity index (χ3v) is 5.10. The van der Waals surface area contributed by atoms with E-state index in [1.165, 1.54) is 0 Å². The quantitative estimate of drug-likeness (QED) is 0.805. The van der Waals surface area contributed by atoms with Crippen molar-refractivity contribution in [1.82, 2.24) is 0 Å². The zero-order chi connectivity index (χ0) is 17.1. The highest BCUT2D eigenvalue weighted by molar-refractivity contribution is 5.94. The normalized spacial score (nSPS) is 28.0. The third-order valence-electron chi connectivity index (χ3n) is 5.10. The van der Waals surface area contributed by atoms with Gasteiger partial charge < -0.3 is 20.7 Å². The summed E-state index contributed by atoms with van der Waals surface area (Å²) < 4.78 is 5.82. The standard InChI is InChI=1S/C19H29N3O2.2ClH/c1-13-11-22(12-14(2)24-13)18-9-4-3-8-17(18)21-19(23)10-15-6-5-7-16(15)20;;/h3-4,8-9,13-16H,5-7,10-12,20H2,1-2H3,(H,21,23);2*1H/t13?,14?,15-,16+;;/m0../s1. The van der Waals surface area contributed by atoms with Crippen molar-refractivity contribution < 1.29 is 9.53 Å². The van der Waals surface area contributed by atoms with Crippen LogP contribution in [-0.2, 0) is 9.53 Å². The van der Waals surface area contributed by atoms with Gasteiger partial charge in [0.05, 0.1) is 23.6 Å². The lowest BCUT2D eigenvalue weighted by molar-refractivity contribution is -0.117. The van der Waals surface area contributed by atoms with Crippen LogP contribution in [0.5, 0.6) is 0 Å². The molecule has 3 rings (SSSR count). The summed E-state index contributed by atoms with van der Waals surface area (Å²) in [6.45, 7) is 5.85. The van der Waals surface area contributed by atoms with Gasteiger partial charge in [-0.15, -0.1) is 24.8 Å². The Morgan fingerprint density at radius 2 is 1.85 bits per heavy atom. The molecule has 0 bridgehead atoms. The summed E-state index contributed by atoms with van der Waals surface area (Å²) in [7, 11) is 0. The second kappa shape index (κ2) is 10.4. The van der Waals surface area contributed by atoms with Gasteiger partial charge in [-0.25, -0.2) is 0 Å². The largest absolute Gasteiger partial charge is 0.372 e. The second-order valence-electron chi connectivity index (χ2n) is 7.29. The van der Waals surface area contributed by atoms with E-state index in [0.29, 0.717) is 12.3 Å². The van der Waals surface area contributed by atoms with Crippen LogP contribution in [0.4, 0.5) is 11.4 Å². The fourth-order valence-corrected chi connectivity index (χ4v) is 3.99. The number of benzene rings is 1. The molecule has 1 aromatic rings. The number of carbonyl (C=O) groups excluding carboxylic acids is 1. The minimum atomic E-state index is 0. The van der Waals surface area contributed by atoms with Gasteiger partial charge >= 0.3 is 0 Å². The summed E-state index contributed by atoms with van der Waals surface area (Å²) in [5.74, 6) is 0.389. The van der Waals surface area contributed by atoms with E-state index in [1.807, 2.05) is 18.2 Å². The van der Waals surface area contributed by atoms with Crippen LogP contribution in [-0.4, -0.2) is 37.2 Å². The number of hydrogen-bond acceptors (Lipinski definition) is 4. The monoisotopic (exact) mass is 403 g/mol. The summed E-state index contributed by atoms with van der Waals surface area (Å²) >= 11 is 0. The van der Waals surface area contributed by atoms with E-state index in [4.69, 9.17) is 10.5 Å². The number of halogens is 2. The van der Waals surface area contributed by atoms with Crippen molar-refractivity contribution in [3.05, 3.63) is 24.3 Å². The maximum Gasteiger partial charge on any atom is 0.224 e. The van der Waals surface area contributed by atoms with Gasteiger partial charge in [0.1, 0.15) is 0 Å². The van der Waals surface area contributed by atoms with Gasteiger partial charge in [0.25, 0.3) is 0 Å². The number of morpholine rings is 1. The van der Waals surface area contributed by atoms with E-state index in [1.54, 1.807) is 0 Å². The second-order valence-corrected chi connectivity index (χ2v) is 7.29. The molecular weight excluding hydrogens is 373 g/mol. The lowest BCUT2D eigenvalue weighted by Gasteiger charge is -2.37. The first-order valence-electron chi connectivity index (χ1n) is 9.08. The van der Waals surface area contributed by atoms with E-state index in [-0.39, 0.29) is 49.0 Å². The average molecular weight is 404 g/mol. The Bertz CT molecular complexity index is 578. The molecule has 1 heterocycles. The van der Waals surface area contributed by atoms with Crippen LogP contribution >= 0.6 is 24.8 Å². The molecule has 3 N–H and O–H groups in total. The highest BCUT2D eigenvalue weighted by Crippen LogP contribution is 2.30. The fourth-order valence-electron chi connectivity index (χ4n) is 3.99. The molecule has 1 aliphatic carbocycles. The number of nitrogens with two attached hydrogens (primary N) is 1. The molecule has 4 atom stereocenters. The SMILES string of the molecule is CC1CN(c2ccccc2NC(=O)C[C@@H]2CCC[C@H]2N)CC(C)O1.Cl.Cl. The molecule has 2 aliphatic rings.